The molecule has 0 saturated heterocycles. The van der Waals surface area contributed by atoms with Gasteiger partial charge in [0.15, 0.2) is 0 Å². The van der Waals surface area contributed by atoms with Gasteiger partial charge < -0.3 is 0 Å². The highest BCUT2D eigenvalue weighted by Gasteiger charge is 2.06. The third-order valence-electron chi connectivity index (χ3n) is 2.19. The molecule has 13 heavy (non-hydrogen) atoms. The number of rotatable bonds is 3. The Bertz CT molecular complexity index is 283. The normalized spacial score (nSPS) is 12.9. The number of alkyl halides is 1. The minimum atomic E-state index is -0.292. The molecule has 1 rings (SSSR count). The van der Waals surface area contributed by atoms with Crippen molar-refractivity contribution >= 4 is 15.9 Å². The average Bonchev–Trinajstić information content (AvgIpc) is 2.15. The van der Waals surface area contributed by atoms with Gasteiger partial charge in [-0.15, -0.1) is 0 Å². The molecule has 0 nitrogen and oxygen atoms in total. The second-order valence-corrected chi connectivity index (χ2v) is 4.22. The largest absolute Gasteiger partial charge is 0.250 e. The van der Waals surface area contributed by atoms with Crippen LogP contribution >= 0.6 is 15.9 Å². The molecule has 2 heteroatoms. The summed E-state index contributed by atoms with van der Waals surface area (Å²) in [5, 5.41) is 0. The molecule has 0 spiro atoms. The summed E-state index contributed by atoms with van der Waals surface area (Å²) in [5.74, 6) is 0.00259. The van der Waals surface area contributed by atoms with Gasteiger partial charge in [0.2, 0.25) is 0 Å². The molecule has 1 unspecified atom stereocenters. The zero-order chi connectivity index (χ0) is 9.84. The molecule has 1 aromatic rings. The van der Waals surface area contributed by atoms with Gasteiger partial charge in [-0.1, -0.05) is 35.8 Å². The summed E-state index contributed by atoms with van der Waals surface area (Å²) in [7, 11) is 0. The second kappa shape index (κ2) is 4.75. The van der Waals surface area contributed by atoms with Crippen LogP contribution in [0.2, 0.25) is 0 Å². The van der Waals surface area contributed by atoms with Gasteiger partial charge in [-0.25, -0.2) is 0 Å². The molecule has 0 aromatic heterocycles. The molecule has 0 aliphatic rings. The summed E-state index contributed by atoms with van der Waals surface area (Å²) in [6, 6.07) is 6.15. The molecule has 0 fully saturated rings. The monoisotopic (exact) mass is 244 g/mol. The molecule has 0 N–H and O–H groups in total. The van der Waals surface area contributed by atoms with E-state index in [0.717, 1.165) is 16.5 Å². The number of hydrogen-bond acceptors (Lipinski definition) is 0. The van der Waals surface area contributed by atoms with E-state index in [-0.39, 0.29) is 12.6 Å². The van der Waals surface area contributed by atoms with Gasteiger partial charge in [0, 0.05) is 10.4 Å². The summed E-state index contributed by atoms with van der Waals surface area (Å²) in [5.41, 5.74) is 2.33. The van der Waals surface area contributed by atoms with Crippen LogP contribution < -0.4 is 0 Å². The SMILES string of the molecule is CCc1cc(Br)cc(C(C)CF)c1. The highest BCUT2D eigenvalue weighted by atomic mass is 79.9. The molecule has 72 valence electrons. The predicted octanol–water partition coefficient (Wildman–Crippen LogP) is 4.08. The van der Waals surface area contributed by atoms with Gasteiger partial charge in [-0.05, 0) is 29.7 Å². The van der Waals surface area contributed by atoms with Gasteiger partial charge in [0.1, 0.15) is 0 Å². The van der Waals surface area contributed by atoms with Crippen LogP contribution in [-0.2, 0) is 6.42 Å². The number of aryl methyl sites for hydroxylation is 1. The van der Waals surface area contributed by atoms with Crippen molar-refractivity contribution in [2.24, 2.45) is 0 Å². The minimum Gasteiger partial charge on any atom is -0.250 e. The van der Waals surface area contributed by atoms with Crippen LogP contribution in [-0.4, -0.2) is 6.67 Å². The summed E-state index contributed by atoms with van der Waals surface area (Å²) in [4.78, 5) is 0. The Kier molecular flexibility index (Phi) is 3.91. The molecule has 0 amide bonds. The maximum atomic E-state index is 12.4. The van der Waals surface area contributed by atoms with Crippen LogP contribution in [0.5, 0.6) is 0 Å². The first-order valence-corrected chi connectivity index (χ1v) is 5.32. The molecule has 1 aromatic carbocycles. The van der Waals surface area contributed by atoms with Crippen LogP contribution in [0.15, 0.2) is 22.7 Å². The lowest BCUT2D eigenvalue weighted by Crippen LogP contribution is -1.96. The number of benzene rings is 1. The smallest absolute Gasteiger partial charge is 0.0960 e. The van der Waals surface area contributed by atoms with E-state index in [1.165, 1.54) is 5.56 Å². The summed E-state index contributed by atoms with van der Waals surface area (Å²) < 4.78 is 13.5. The fourth-order valence-corrected chi connectivity index (χ4v) is 1.81. The number of hydrogen-bond donors (Lipinski definition) is 0. The van der Waals surface area contributed by atoms with E-state index < -0.39 is 0 Å². The fourth-order valence-electron chi connectivity index (χ4n) is 1.25. The Morgan fingerprint density at radius 3 is 2.62 bits per heavy atom. The van der Waals surface area contributed by atoms with E-state index >= 15 is 0 Å². The summed E-state index contributed by atoms with van der Waals surface area (Å²) >= 11 is 3.43. The third kappa shape index (κ3) is 2.80. The van der Waals surface area contributed by atoms with Crippen LogP contribution in [0.4, 0.5) is 4.39 Å². The van der Waals surface area contributed by atoms with E-state index in [9.17, 15) is 4.39 Å². The van der Waals surface area contributed by atoms with Gasteiger partial charge in [-0.2, -0.15) is 0 Å². The van der Waals surface area contributed by atoms with Crippen LogP contribution in [0.1, 0.15) is 30.9 Å². The first-order valence-electron chi connectivity index (χ1n) is 4.52. The fraction of sp³-hybridized carbons (Fsp3) is 0.455. The minimum absolute atomic E-state index is 0.00259. The van der Waals surface area contributed by atoms with E-state index in [1.807, 2.05) is 13.0 Å². The van der Waals surface area contributed by atoms with Crippen molar-refractivity contribution in [3.63, 3.8) is 0 Å². The summed E-state index contributed by atoms with van der Waals surface area (Å²) in [6.45, 7) is 3.71. The van der Waals surface area contributed by atoms with Crippen LogP contribution in [0.25, 0.3) is 0 Å². The van der Waals surface area contributed by atoms with E-state index in [0.29, 0.717) is 0 Å². The van der Waals surface area contributed by atoms with Crippen molar-refractivity contribution in [3.05, 3.63) is 33.8 Å². The third-order valence-corrected chi connectivity index (χ3v) is 2.65. The Morgan fingerprint density at radius 2 is 2.08 bits per heavy atom. The molecular formula is C11H14BrF. The first kappa shape index (κ1) is 10.7. The van der Waals surface area contributed by atoms with E-state index in [2.05, 4.69) is 35.0 Å². The van der Waals surface area contributed by atoms with Crippen molar-refractivity contribution < 1.29 is 4.39 Å². The molecule has 0 aliphatic carbocycles. The topological polar surface area (TPSA) is 0 Å². The van der Waals surface area contributed by atoms with Crippen molar-refractivity contribution in [2.45, 2.75) is 26.2 Å². The quantitative estimate of drug-likeness (QED) is 0.752. The number of halogens is 2. The molecule has 0 bridgehead atoms. The zero-order valence-electron chi connectivity index (χ0n) is 7.98. The zero-order valence-corrected chi connectivity index (χ0v) is 9.57. The molecule has 1 atom stereocenters. The Labute approximate surface area is 87.3 Å². The molecule has 0 saturated carbocycles. The second-order valence-electron chi connectivity index (χ2n) is 3.30. The van der Waals surface area contributed by atoms with Gasteiger partial charge in [-0.3, -0.25) is 4.39 Å². The Morgan fingerprint density at radius 1 is 1.38 bits per heavy atom. The van der Waals surface area contributed by atoms with Crippen molar-refractivity contribution in [3.8, 4) is 0 Å². The maximum absolute atomic E-state index is 12.4. The Balaban J connectivity index is 3.01. The lowest BCUT2D eigenvalue weighted by molar-refractivity contribution is 0.447. The lowest BCUT2D eigenvalue weighted by atomic mass is 9.99. The predicted molar refractivity (Wildman–Crippen MR) is 57.9 cm³/mol. The maximum Gasteiger partial charge on any atom is 0.0960 e. The first-order chi connectivity index (χ1) is 6.17. The molecule has 0 radical (unpaired) electrons. The van der Waals surface area contributed by atoms with Crippen LogP contribution in [0.3, 0.4) is 0 Å². The lowest BCUT2D eigenvalue weighted by Gasteiger charge is -2.09. The Hall–Kier alpha value is -0.370. The van der Waals surface area contributed by atoms with Gasteiger partial charge in [0.25, 0.3) is 0 Å². The van der Waals surface area contributed by atoms with E-state index in [1.54, 1.807) is 0 Å². The highest BCUT2D eigenvalue weighted by molar-refractivity contribution is 9.10. The van der Waals surface area contributed by atoms with Crippen molar-refractivity contribution in [1.82, 2.24) is 0 Å². The van der Waals surface area contributed by atoms with Crippen LogP contribution in [0, 0.1) is 0 Å². The molecular weight excluding hydrogens is 231 g/mol. The van der Waals surface area contributed by atoms with Gasteiger partial charge in [0.05, 0.1) is 6.67 Å². The van der Waals surface area contributed by atoms with Crippen molar-refractivity contribution in [2.75, 3.05) is 6.67 Å². The standard InChI is InChI=1S/C11H14BrF/c1-3-9-4-10(8(2)7-13)6-11(12)5-9/h4-6,8H,3,7H2,1-2H3. The van der Waals surface area contributed by atoms with Crippen molar-refractivity contribution in [1.29, 1.82) is 0 Å². The average molecular weight is 245 g/mol. The molecule has 0 heterocycles. The highest BCUT2D eigenvalue weighted by Crippen LogP contribution is 2.22. The van der Waals surface area contributed by atoms with E-state index in [4.69, 9.17) is 0 Å². The molecule has 0 aliphatic heterocycles. The van der Waals surface area contributed by atoms with Gasteiger partial charge >= 0.3 is 0 Å². The summed E-state index contributed by atoms with van der Waals surface area (Å²) in [6.07, 6.45) is 0.992.